The molecule has 0 saturated carbocycles. The Morgan fingerprint density at radius 3 is 2.87 bits per heavy atom. The van der Waals surface area contributed by atoms with Gasteiger partial charge in [0.25, 0.3) is 0 Å². The second-order valence-corrected chi connectivity index (χ2v) is 6.82. The summed E-state index contributed by atoms with van der Waals surface area (Å²) < 4.78 is 5.25. The molecule has 1 fully saturated rings. The molecule has 1 unspecified atom stereocenters. The molecule has 6 nitrogen and oxygen atoms in total. The number of carbonyl (C=O) groups is 1. The van der Waals surface area contributed by atoms with Gasteiger partial charge < -0.3 is 9.64 Å². The first kappa shape index (κ1) is 15.9. The van der Waals surface area contributed by atoms with Crippen LogP contribution in [-0.2, 0) is 11.3 Å². The number of aromatic nitrogens is 2. The molecule has 1 aromatic heterocycles. The van der Waals surface area contributed by atoms with E-state index in [1.54, 1.807) is 18.4 Å². The topological polar surface area (TPSA) is 58.6 Å². The fraction of sp³-hybridized carbons (Fsp3) is 0.438. The lowest BCUT2D eigenvalue weighted by atomic mass is 10.1. The minimum absolute atomic E-state index is 0.103. The quantitative estimate of drug-likeness (QED) is 0.858. The Balaban J connectivity index is 1.72. The normalized spacial score (nSPS) is 19.2. The van der Waals surface area contributed by atoms with Gasteiger partial charge in [0.15, 0.2) is 0 Å². The predicted molar refractivity (Wildman–Crippen MR) is 89.9 cm³/mol. The van der Waals surface area contributed by atoms with E-state index in [4.69, 9.17) is 4.74 Å². The summed E-state index contributed by atoms with van der Waals surface area (Å²) in [5.41, 5.74) is 0.882. The molecule has 1 aromatic carbocycles. The average molecular weight is 332 g/mol. The van der Waals surface area contributed by atoms with Crippen molar-refractivity contribution in [1.29, 1.82) is 0 Å². The molecule has 0 spiro atoms. The lowest BCUT2D eigenvalue weighted by Gasteiger charge is -2.38. The predicted octanol–water partition coefficient (Wildman–Crippen LogP) is 2.09. The Hall–Kier alpha value is -1.99. The van der Waals surface area contributed by atoms with E-state index in [2.05, 4.69) is 15.1 Å². The van der Waals surface area contributed by atoms with Gasteiger partial charge in [0.1, 0.15) is 15.8 Å². The van der Waals surface area contributed by atoms with Crippen LogP contribution in [0.15, 0.2) is 24.3 Å². The van der Waals surface area contributed by atoms with Crippen LogP contribution >= 0.6 is 11.3 Å². The molecule has 1 aliphatic heterocycles. The van der Waals surface area contributed by atoms with Crippen LogP contribution in [0, 0.1) is 6.92 Å². The van der Waals surface area contributed by atoms with Gasteiger partial charge in [-0.25, -0.2) is 0 Å². The molecule has 23 heavy (non-hydrogen) atoms. The zero-order chi connectivity index (χ0) is 16.4. The van der Waals surface area contributed by atoms with Gasteiger partial charge in [-0.15, -0.1) is 21.5 Å². The SMILES string of the molecule is COc1cccc(N2CCN(Cc3nnc(C)s3)C(C)C2=O)c1. The van der Waals surface area contributed by atoms with Gasteiger partial charge in [0, 0.05) is 24.8 Å². The van der Waals surface area contributed by atoms with E-state index >= 15 is 0 Å². The Morgan fingerprint density at radius 1 is 1.35 bits per heavy atom. The van der Waals surface area contributed by atoms with E-state index in [1.807, 2.05) is 43.0 Å². The molecule has 122 valence electrons. The van der Waals surface area contributed by atoms with E-state index < -0.39 is 0 Å². The third kappa shape index (κ3) is 3.35. The number of anilines is 1. The lowest BCUT2D eigenvalue weighted by Crippen LogP contribution is -2.55. The van der Waals surface area contributed by atoms with Crippen molar-refractivity contribution in [3.8, 4) is 5.75 Å². The third-order valence-corrected chi connectivity index (χ3v) is 4.88. The molecule has 2 aromatic rings. The van der Waals surface area contributed by atoms with E-state index in [9.17, 15) is 4.79 Å². The molecule has 1 amide bonds. The fourth-order valence-electron chi connectivity index (χ4n) is 2.74. The molecule has 2 heterocycles. The van der Waals surface area contributed by atoms with Crippen molar-refractivity contribution in [3.05, 3.63) is 34.3 Å². The van der Waals surface area contributed by atoms with Gasteiger partial charge in [-0.2, -0.15) is 0 Å². The molecule has 7 heteroatoms. The molecular weight excluding hydrogens is 312 g/mol. The van der Waals surface area contributed by atoms with Crippen LogP contribution in [0.1, 0.15) is 16.9 Å². The van der Waals surface area contributed by atoms with Crippen LogP contribution in [0.3, 0.4) is 0 Å². The van der Waals surface area contributed by atoms with Gasteiger partial charge in [0.05, 0.1) is 19.7 Å². The number of hydrogen-bond acceptors (Lipinski definition) is 6. The fourth-order valence-corrected chi connectivity index (χ4v) is 3.47. The van der Waals surface area contributed by atoms with Gasteiger partial charge in [0.2, 0.25) is 5.91 Å². The van der Waals surface area contributed by atoms with Crippen LogP contribution in [0.25, 0.3) is 0 Å². The summed E-state index contributed by atoms with van der Waals surface area (Å²) in [6, 6.07) is 7.44. The van der Waals surface area contributed by atoms with Crippen molar-refractivity contribution >= 4 is 22.9 Å². The highest BCUT2D eigenvalue weighted by molar-refractivity contribution is 7.11. The maximum Gasteiger partial charge on any atom is 0.244 e. The summed E-state index contributed by atoms with van der Waals surface area (Å²) in [6.45, 7) is 6.03. The van der Waals surface area contributed by atoms with Gasteiger partial charge >= 0.3 is 0 Å². The number of hydrogen-bond donors (Lipinski definition) is 0. The number of piperazine rings is 1. The van der Waals surface area contributed by atoms with Crippen LogP contribution in [0.4, 0.5) is 5.69 Å². The summed E-state index contributed by atoms with van der Waals surface area (Å²) in [4.78, 5) is 16.7. The number of benzene rings is 1. The van der Waals surface area contributed by atoms with E-state index in [-0.39, 0.29) is 11.9 Å². The number of carbonyl (C=O) groups excluding carboxylic acids is 1. The highest BCUT2D eigenvalue weighted by Gasteiger charge is 2.32. The van der Waals surface area contributed by atoms with Crippen LogP contribution in [-0.4, -0.2) is 47.2 Å². The maximum atomic E-state index is 12.7. The number of nitrogens with zero attached hydrogens (tertiary/aromatic N) is 4. The second kappa shape index (κ2) is 6.64. The summed E-state index contributed by atoms with van der Waals surface area (Å²) in [7, 11) is 1.63. The number of aryl methyl sites for hydroxylation is 1. The molecule has 0 aliphatic carbocycles. The van der Waals surface area contributed by atoms with Crippen molar-refractivity contribution in [3.63, 3.8) is 0 Å². The zero-order valence-electron chi connectivity index (χ0n) is 13.5. The molecule has 1 atom stereocenters. The summed E-state index contributed by atoms with van der Waals surface area (Å²) in [6.07, 6.45) is 0. The first-order valence-electron chi connectivity index (χ1n) is 7.57. The van der Waals surface area contributed by atoms with Crippen molar-refractivity contribution in [1.82, 2.24) is 15.1 Å². The number of rotatable bonds is 4. The average Bonchev–Trinajstić information content (AvgIpc) is 2.97. The van der Waals surface area contributed by atoms with Crippen molar-refractivity contribution in [2.75, 3.05) is 25.1 Å². The summed E-state index contributed by atoms with van der Waals surface area (Å²) in [5.74, 6) is 0.862. The van der Waals surface area contributed by atoms with E-state index in [0.717, 1.165) is 28.0 Å². The number of ether oxygens (including phenoxy) is 1. The Labute approximate surface area is 139 Å². The van der Waals surface area contributed by atoms with Crippen molar-refractivity contribution in [2.24, 2.45) is 0 Å². The van der Waals surface area contributed by atoms with Crippen LogP contribution in [0.2, 0.25) is 0 Å². The minimum atomic E-state index is -0.181. The van der Waals surface area contributed by atoms with E-state index in [0.29, 0.717) is 13.1 Å². The minimum Gasteiger partial charge on any atom is -0.497 e. The molecule has 0 radical (unpaired) electrons. The molecule has 0 bridgehead atoms. The third-order valence-electron chi connectivity index (χ3n) is 4.05. The molecule has 0 N–H and O–H groups in total. The highest BCUT2D eigenvalue weighted by atomic mass is 32.1. The summed E-state index contributed by atoms with van der Waals surface area (Å²) >= 11 is 1.58. The van der Waals surface area contributed by atoms with Gasteiger partial charge in [-0.3, -0.25) is 9.69 Å². The zero-order valence-corrected chi connectivity index (χ0v) is 14.3. The summed E-state index contributed by atoms with van der Waals surface area (Å²) in [5, 5.41) is 10.1. The Bertz CT molecular complexity index is 703. The maximum absolute atomic E-state index is 12.7. The first-order valence-corrected chi connectivity index (χ1v) is 8.38. The van der Waals surface area contributed by atoms with Crippen molar-refractivity contribution in [2.45, 2.75) is 26.4 Å². The lowest BCUT2D eigenvalue weighted by molar-refractivity contribution is -0.125. The first-order chi connectivity index (χ1) is 11.1. The van der Waals surface area contributed by atoms with Gasteiger partial charge in [-0.05, 0) is 26.0 Å². The smallest absolute Gasteiger partial charge is 0.244 e. The largest absolute Gasteiger partial charge is 0.497 e. The number of methoxy groups -OCH3 is 1. The standard InChI is InChI=1S/C16H20N4O2S/c1-11-16(21)20(13-5-4-6-14(9-13)22-3)8-7-19(11)10-15-18-17-12(2)23-15/h4-6,9,11H,7-8,10H2,1-3H3. The second-order valence-electron chi connectivity index (χ2n) is 5.55. The molecule has 1 aliphatic rings. The van der Waals surface area contributed by atoms with E-state index in [1.165, 1.54) is 0 Å². The Kier molecular flexibility index (Phi) is 4.58. The van der Waals surface area contributed by atoms with Crippen LogP contribution in [0.5, 0.6) is 5.75 Å². The Morgan fingerprint density at radius 2 is 2.17 bits per heavy atom. The van der Waals surface area contributed by atoms with Crippen LogP contribution < -0.4 is 9.64 Å². The highest BCUT2D eigenvalue weighted by Crippen LogP contribution is 2.25. The molecule has 3 rings (SSSR count). The van der Waals surface area contributed by atoms with Gasteiger partial charge in [-0.1, -0.05) is 6.07 Å². The molecular formula is C16H20N4O2S. The molecule has 1 saturated heterocycles. The van der Waals surface area contributed by atoms with Crippen molar-refractivity contribution < 1.29 is 9.53 Å². The monoisotopic (exact) mass is 332 g/mol. The number of amides is 1.